The van der Waals surface area contributed by atoms with Crippen molar-refractivity contribution in [3.63, 3.8) is 0 Å². The fraction of sp³-hybridized carbons (Fsp3) is 1.00. The highest BCUT2D eigenvalue weighted by Crippen LogP contribution is 2.48. The minimum atomic E-state index is -1.67. The molecule has 0 bridgehead atoms. The van der Waals surface area contributed by atoms with E-state index in [1.807, 2.05) is 6.92 Å². The van der Waals surface area contributed by atoms with E-state index in [1.165, 1.54) is 6.42 Å². The molecule has 3 nitrogen and oxygen atoms in total. The molecule has 100 valence electrons. The van der Waals surface area contributed by atoms with Gasteiger partial charge in [0.25, 0.3) is 0 Å². The standard InChI is InChI=1S/C13H26O3Si/c1-12(14,17(2,3)4)11-7-5-6-8-13(11)15-9-10-16-13/h11,14H,5-10H2,1-4H3/t11-,12-/m0/s1. The van der Waals surface area contributed by atoms with Crippen LogP contribution in [0.5, 0.6) is 0 Å². The Morgan fingerprint density at radius 1 is 1.18 bits per heavy atom. The predicted octanol–water partition coefficient (Wildman–Crippen LogP) is 2.55. The highest BCUT2D eigenvalue weighted by Gasteiger charge is 2.57. The fourth-order valence-electron chi connectivity index (χ4n) is 3.16. The zero-order valence-electron chi connectivity index (χ0n) is 11.6. The van der Waals surface area contributed by atoms with Gasteiger partial charge in [-0.1, -0.05) is 26.1 Å². The fourth-order valence-corrected chi connectivity index (χ4v) is 4.57. The summed E-state index contributed by atoms with van der Waals surface area (Å²) in [6.45, 7) is 10.0. The van der Waals surface area contributed by atoms with Gasteiger partial charge in [-0.25, -0.2) is 0 Å². The van der Waals surface area contributed by atoms with Crippen LogP contribution in [-0.4, -0.2) is 37.4 Å². The molecular formula is C13H26O3Si. The van der Waals surface area contributed by atoms with Gasteiger partial charge in [-0.05, 0) is 19.8 Å². The van der Waals surface area contributed by atoms with Crippen molar-refractivity contribution in [2.24, 2.45) is 5.92 Å². The van der Waals surface area contributed by atoms with Crippen LogP contribution in [0.15, 0.2) is 0 Å². The maximum atomic E-state index is 11.0. The number of hydrogen-bond donors (Lipinski definition) is 1. The van der Waals surface area contributed by atoms with Crippen molar-refractivity contribution >= 4 is 8.07 Å². The van der Waals surface area contributed by atoms with Crippen molar-refractivity contribution in [3.05, 3.63) is 0 Å². The molecule has 2 rings (SSSR count). The van der Waals surface area contributed by atoms with Gasteiger partial charge in [0.15, 0.2) is 5.79 Å². The lowest BCUT2D eigenvalue weighted by atomic mass is 9.79. The molecule has 1 saturated heterocycles. The van der Waals surface area contributed by atoms with Crippen LogP contribution in [0.3, 0.4) is 0 Å². The minimum absolute atomic E-state index is 0.137. The van der Waals surface area contributed by atoms with Gasteiger partial charge in [-0.2, -0.15) is 0 Å². The Balaban J connectivity index is 2.28. The summed E-state index contributed by atoms with van der Waals surface area (Å²) in [4.78, 5) is 0. The predicted molar refractivity (Wildman–Crippen MR) is 70.6 cm³/mol. The molecule has 2 atom stereocenters. The van der Waals surface area contributed by atoms with Gasteiger partial charge in [0, 0.05) is 12.3 Å². The van der Waals surface area contributed by atoms with Crippen LogP contribution in [0.1, 0.15) is 32.6 Å². The molecule has 1 aliphatic heterocycles. The van der Waals surface area contributed by atoms with Crippen LogP contribution < -0.4 is 0 Å². The maximum absolute atomic E-state index is 11.0. The van der Waals surface area contributed by atoms with Gasteiger partial charge in [0.1, 0.15) is 0 Å². The summed E-state index contributed by atoms with van der Waals surface area (Å²) in [7, 11) is -1.67. The van der Waals surface area contributed by atoms with Crippen molar-refractivity contribution in [1.29, 1.82) is 0 Å². The first-order valence-electron chi connectivity index (χ1n) is 6.80. The van der Waals surface area contributed by atoms with Gasteiger partial charge in [-0.15, -0.1) is 0 Å². The average molecular weight is 258 g/mol. The smallest absolute Gasteiger partial charge is 0.173 e. The second kappa shape index (κ2) is 4.33. The van der Waals surface area contributed by atoms with Crippen molar-refractivity contribution in [2.45, 2.75) is 63.3 Å². The summed E-state index contributed by atoms with van der Waals surface area (Å²) in [6, 6.07) is 0. The summed E-state index contributed by atoms with van der Waals surface area (Å²) >= 11 is 0. The van der Waals surface area contributed by atoms with E-state index < -0.39 is 19.1 Å². The van der Waals surface area contributed by atoms with Crippen LogP contribution in [0, 0.1) is 5.92 Å². The summed E-state index contributed by atoms with van der Waals surface area (Å²) in [5, 5.41) is 10.4. The molecule has 17 heavy (non-hydrogen) atoms. The topological polar surface area (TPSA) is 38.7 Å². The molecule has 1 heterocycles. The molecule has 1 aliphatic carbocycles. The first-order valence-corrected chi connectivity index (χ1v) is 10.3. The number of rotatable bonds is 2. The van der Waals surface area contributed by atoms with Gasteiger partial charge >= 0.3 is 0 Å². The lowest BCUT2D eigenvalue weighted by Crippen LogP contribution is -2.63. The Labute approximate surface area is 106 Å². The summed E-state index contributed by atoms with van der Waals surface area (Å²) in [5.74, 6) is -0.347. The summed E-state index contributed by atoms with van der Waals surface area (Å²) < 4.78 is 11.8. The molecule has 0 aromatic heterocycles. The Kier molecular flexibility index (Phi) is 3.45. The van der Waals surface area contributed by atoms with E-state index in [9.17, 15) is 5.11 Å². The molecular weight excluding hydrogens is 232 g/mol. The van der Waals surface area contributed by atoms with Gasteiger partial charge in [-0.3, -0.25) is 0 Å². The third-order valence-corrected chi connectivity index (χ3v) is 8.16. The highest BCUT2D eigenvalue weighted by atomic mass is 28.3. The Morgan fingerprint density at radius 2 is 1.76 bits per heavy atom. The van der Waals surface area contributed by atoms with E-state index in [1.54, 1.807) is 0 Å². The Hall–Kier alpha value is 0.0969. The van der Waals surface area contributed by atoms with Crippen LogP contribution >= 0.6 is 0 Å². The molecule has 2 aliphatic rings. The molecule has 0 unspecified atom stereocenters. The Morgan fingerprint density at radius 3 is 2.29 bits per heavy atom. The Bertz CT molecular complexity index is 275. The molecule has 1 spiro atoms. The largest absolute Gasteiger partial charge is 0.393 e. The molecule has 2 fully saturated rings. The number of ether oxygens (including phenoxy) is 2. The average Bonchev–Trinajstić information content (AvgIpc) is 2.65. The molecule has 1 saturated carbocycles. The second-order valence-corrected chi connectivity index (χ2v) is 12.2. The SMILES string of the molecule is C[C@@](O)([C@@H]1CCCCC12OCCO2)[Si](C)(C)C. The lowest BCUT2D eigenvalue weighted by Gasteiger charge is -2.51. The first-order chi connectivity index (χ1) is 7.80. The molecule has 0 radical (unpaired) electrons. The van der Waals surface area contributed by atoms with Crippen molar-refractivity contribution in [3.8, 4) is 0 Å². The van der Waals surface area contributed by atoms with Crippen LogP contribution in [0.2, 0.25) is 19.6 Å². The summed E-state index contributed by atoms with van der Waals surface area (Å²) in [6.07, 6.45) is 4.30. The van der Waals surface area contributed by atoms with Crippen LogP contribution in [0.4, 0.5) is 0 Å². The van der Waals surface area contributed by atoms with E-state index in [0.717, 1.165) is 19.3 Å². The van der Waals surface area contributed by atoms with Crippen molar-refractivity contribution in [2.75, 3.05) is 13.2 Å². The molecule has 1 N–H and O–H groups in total. The van der Waals surface area contributed by atoms with E-state index in [-0.39, 0.29) is 5.92 Å². The molecule has 4 heteroatoms. The number of aliphatic hydroxyl groups is 1. The zero-order valence-corrected chi connectivity index (χ0v) is 12.6. The lowest BCUT2D eigenvalue weighted by molar-refractivity contribution is -0.239. The van der Waals surface area contributed by atoms with Crippen molar-refractivity contribution in [1.82, 2.24) is 0 Å². The van der Waals surface area contributed by atoms with Gasteiger partial charge in [0.05, 0.1) is 26.5 Å². The molecule has 0 aromatic rings. The van der Waals surface area contributed by atoms with E-state index in [4.69, 9.17) is 9.47 Å². The van der Waals surface area contributed by atoms with Crippen molar-refractivity contribution < 1.29 is 14.6 Å². The van der Waals surface area contributed by atoms with Crippen LogP contribution in [-0.2, 0) is 9.47 Å². The van der Waals surface area contributed by atoms with E-state index in [2.05, 4.69) is 19.6 Å². The molecule has 0 aromatic carbocycles. The normalized spacial score (nSPS) is 32.6. The quantitative estimate of drug-likeness (QED) is 0.774. The van der Waals surface area contributed by atoms with E-state index in [0.29, 0.717) is 13.2 Å². The second-order valence-electron chi connectivity index (χ2n) is 6.70. The highest BCUT2D eigenvalue weighted by molar-refractivity contribution is 6.78. The third-order valence-electron chi connectivity index (χ3n) is 4.77. The summed E-state index contributed by atoms with van der Waals surface area (Å²) in [5.41, 5.74) is 0. The minimum Gasteiger partial charge on any atom is -0.393 e. The zero-order chi connectivity index (χ0) is 12.7. The van der Waals surface area contributed by atoms with E-state index >= 15 is 0 Å². The monoisotopic (exact) mass is 258 g/mol. The third kappa shape index (κ3) is 2.20. The maximum Gasteiger partial charge on any atom is 0.173 e. The van der Waals surface area contributed by atoms with Gasteiger partial charge < -0.3 is 14.6 Å². The first kappa shape index (κ1) is 13.5. The van der Waals surface area contributed by atoms with Crippen LogP contribution in [0.25, 0.3) is 0 Å². The molecule has 0 amide bonds. The van der Waals surface area contributed by atoms with Gasteiger partial charge in [0.2, 0.25) is 0 Å². The number of hydrogen-bond acceptors (Lipinski definition) is 3.